The number of hydrogen-bond donors (Lipinski definition) is 0. The summed E-state index contributed by atoms with van der Waals surface area (Å²) < 4.78 is 21.4. The molecule has 7 heteroatoms. The summed E-state index contributed by atoms with van der Waals surface area (Å²) in [7, 11) is 0. The summed E-state index contributed by atoms with van der Waals surface area (Å²) in [5, 5.41) is 8.76. The Morgan fingerprint density at radius 1 is 0.722 bits per heavy atom. The van der Waals surface area contributed by atoms with Gasteiger partial charge in [0.05, 0.1) is 12.2 Å². The zero-order valence-electron chi connectivity index (χ0n) is 20.5. The van der Waals surface area contributed by atoms with E-state index in [0.717, 1.165) is 12.2 Å². The predicted molar refractivity (Wildman–Crippen MR) is 134 cm³/mol. The number of nitriles is 1. The van der Waals surface area contributed by atoms with Crippen LogP contribution >= 0.6 is 0 Å². The summed E-state index contributed by atoms with van der Waals surface area (Å²) in [4.78, 5) is 24.5. The maximum Gasteiger partial charge on any atom is 0.379 e. The van der Waals surface area contributed by atoms with Crippen LogP contribution in [0.15, 0.2) is 65.1 Å². The molecular weight excluding hydrogens is 458 g/mol. The van der Waals surface area contributed by atoms with Gasteiger partial charge in [0.25, 0.3) is 0 Å². The standard InChI is InChI=1S/C29H31NO6/c1-2-3-4-5-6-7-8-9-20-33-23-14-16-25(17-15-23)35-28(31)22-10-12-24(13-11-22)36-29(32)27-19-18-26(21-30)34-27/h10-19H,2-9,20H2,1H3. The molecule has 1 aromatic heterocycles. The molecule has 7 nitrogen and oxygen atoms in total. The first-order valence-electron chi connectivity index (χ1n) is 12.4. The second kappa shape index (κ2) is 14.4. The van der Waals surface area contributed by atoms with Gasteiger partial charge in [0.1, 0.15) is 23.3 Å². The maximum atomic E-state index is 12.4. The Bertz CT molecular complexity index is 1140. The molecule has 36 heavy (non-hydrogen) atoms. The van der Waals surface area contributed by atoms with Crippen LogP contribution in [0.25, 0.3) is 0 Å². The van der Waals surface area contributed by atoms with E-state index in [0.29, 0.717) is 17.9 Å². The van der Waals surface area contributed by atoms with Crippen LogP contribution in [0.3, 0.4) is 0 Å². The van der Waals surface area contributed by atoms with E-state index in [9.17, 15) is 9.59 Å². The Balaban J connectivity index is 1.38. The molecule has 0 unspecified atom stereocenters. The lowest BCUT2D eigenvalue weighted by Gasteiger charge is -2.08. The molecule has 0 fully saturated rings. The average Bonchev–Trinajstić information content (AvgIpc) is 3.39. The quantitative estimate of drug-likeness (QED) is 0.135. The molecule has 0 saturated heterocycles. The number of furan rings is 1. The minimum Gasteiger partial charge on any atom is -0.494 e. The van der Waals surface area contributed by atoms with Gasteiger partial charge in [0.15, 0.2) is 0 Å². The third kappa shape index (κ3) is 8.62. The van der Waals surface area contributed by atoms with Crippen LogP contribution in [0, 0.1) is 11.3 Å². The normalized spacial score (nSPS) is 10.4. The molecule has 0 aliphatic rings. The Labute approximate surface area is 211 Å². The number of unbranched alkanes of at least 4 members (excludes halogenated alkanes) is 7. The van der Waals surface area contributed by atoms with Crippen molar-refractivity contribution in [2.75, 3.05) is 6.61 Å². The number of benzene rings is 2. The van der Waals surface area contributed by atoms with Gasteiger partial charge in [0, 0.05) is 0 Å². The first kappa shape index (κ1) is 26.6. The zero-order chi connectivity index (χ0) is 25.6. The van der Waals surface area contributed by atoms with Crippen molar-refractivity contribution in [2.45, 2.75) is 58.3 Å². The number of rotatable bonds is 14. The highest BCUT2D eigenvalue weighted by molar-refractivity contribution is 5.91. The molecule has 3 aromatic rings. The van der Waals surface area contributed by atoms with Crippen LogP contribution in [0.2, 0.25) is 0 Å². The van der Waals surface area contributed by atoms with E-state index >= 15 is 0 Å². The van der Waals surface area contributed by atoms with E-state index in [2.05, 4.69) is 6.92 Å². The van der Waals surface area contributed by atoms with E-state index < -0.39 is 11.9 Å². The molecule has 0 bridgehead atoms. The first-order chi connectivity index (χ1) is 17.6. The molecule has 0 amide bonds. The molecule has 0 spiro atoms. The van der Waals surface area contributed by atoms with Crippen LogP contribution in [-0.2, 0) is 0 Å². The summed E-state index contributed by atoms with van der Waals surface area (Å²) in [6, 6.07) is 17.4. The zero-order valence-corrected chi connectivity index (χ0v) is 20.5. The summed E-state index contributed by atoms with van der Waals surface area (Å²) >= 11 is 0. The Kier molecular flexibility index (Phi) is 10.6. The van der Waals surface area contributed by atoms with Crippen molar-refractivity contribution in [3.8, 4) is 23.3 Å². The smallest absolute Gasteiger partial charge is 0.379 e. The molecule has 3 rings (SSSR count). The van der Waals surface area contributed by atoms with Crippen molar-refractivity contribution in [1.82, 2.24) is 0 Å². The SMILES string of the molecule is CCCCCCCCCCOc1ccc(OC(=O)c2ccc(OC(=O)c3ccc(C#N)o3)cc2)cc1. The van der Waals surface area contributed by atoms with E-state index in [1.54, 1.807) is 30.3 Å². The summed E-state index contributed by atoms with van der Waals surface area (Å²) in [5.41, 5.74) is 0.301. The molecule has 0 radical (unpaired) electrons. The molecule has 188 valence electrons. The maximum absolute atomic E-state index is 12.4. The Hall–Kier alpha value is -4.05. The molecule has 0 aliphatic heterocycles. The molecule has 1 heterocycles. The lowest BCUT2D eigenvalue weighted by atomic mass is 10.1. The Morgan fingerprint density at radius 2 is 1.28 bits per heavy atom. The number of nitrogens with zero attached hydrogens (tertiary/aromatic N) is 1. The second-order valence-electron chi connectivity index (χ2n) is 8.37. The number of hydrogen-bond acceptors (Lipinski definition) is 7. The van der Waals surface area contributed by atoms with Gasteiger partial charge in [-0.05, 0) is 67.1 Å². The molecule has 0 atom stereocenters. The molecule has 0 saturated carbocycles. The van der Waals surface area contributed by atoms with Crippen molar-refractivity contribution >= 4 is 11.9 Å². The van der Waals surface area contributed by atoms with Gasteiger partial charge in [-0.2, -0.15) is 5.26 Å². The third-order valence-corrected chi connectivity index (χ3v) is 5.52. The summed E-state index contributed by atoms with van der Waals surface area (Å²) in [6.07, 6.45) is 10.0. The highest BCUT2D eigenvalue weighted by Gasteiger charge is 2.15. The Morgan fingerprint density at radius 3 is 1.89 bits per heavy atom. The van der Waals surface area contributed by atoms with Crippen molar-refractivity contribution in [1.29, 1.82) is 5.26 Å². The topological polar surface area (TPSA) is 98.8 Å². The molecule has 2 aromatic carbocycles. The van der Waals surface area contributed by atoms with Crippen LogP contribution in [-0.4, -0.2) is 18.5 Å². The first-order valence-corrected chi connectivity index (χ1v) is 12.4. The fraction of sp³-hybridized carbons (Fsp3) is 0.345. The number of esters is 2. The van der Waals surface area contributed by atoms with Crippen molar-refractivity contribution in [3.63, 3.8) is 0 Å². The average molecular weight is 490 g/mol. The summed E-state index contributed by atoms with van der Waals surface area (Å²) in [6.45, 7) is 2.90. The number of carbonyl (C=O) groups excluding carboxylic acids is 2. The van der Waals surface area contributed by atoms with E-state index in [1.165, 1.54) is 81.3 Å². The van der Waals surface area contributed by atoms with Crippen LogP contribution < -0.4 is 14.2 Å². The lowest BCUT2D eigenvalue weighted by molar-refractivity contribution is 0.0700. The lowest BCUT2D eigenvalue weighted by Crippen LogP contribution is -2.10. The van der Waals surface area contributed by atoms with E-state index in [-0.39, 0.29) is 17.3 Å². The monoisotopic (exact) mass is 489 g/mol. The van der Waals surface area contributed by atoms with E-state index in [1.807, 2.05) is 0 Å². The molecule has 0 N–H and O–H groups in total. The minimum absolute atomic E-state index is 0.0168. The third-order valence-electron chi connectivity index (χ3n) is 5.52. The highest BCUT2D eigenvalue weighted by atomic mass is 16.5. The van der Waals surface area contributed by atoms with Crippen molar-refractivity contribution in [2.24, 2.45) is 0 Å². The van der Waals surface area contributed by atoms with Crippen LogP contribution in [0.5, 0.6) is 17.2 Å². The van der Waals surface area contributed by atoms with Gasteiger partial charge < -0.3 is 18.6 Å². The van der Waals surface area contributed by atoms with Crippen LogP contribution in [0.4, 0.5) is 0 Å². The number of carbonyl (C=O) groups is 2. The van der Waals surface area contributed by atoms with Gasteiger partial charge in [-0.3, -0.25) is 0 Å². The minimum atomic E-state index is -0.739. The second-order valence-corrected chi connectivity index (χ2v) is 8.37. The van der Waals surface area contributed by atoms with Gasteiger partial charge in [-0.25, -0.2) is 9.59 Å². The fourth-order valence-electron chi connectivity index (χ4n) is 3.52. The largest absolute Gasteiger partial charge is 0.494 e. The predicted octanol–water partition coefficient (Wildman–Crippen LogP) is 7.11. The fourth-order valence-corrected chi connectivity index (χ4v) is 3.52. The highest BCUT2D eigenvalue weighted by Crippen LogP contribution is 2.21. The molecule has 0 aliphatic carbocycles. The van der Waals surface area contributed by atoms with Crippen molar-refractivity contribution in [3.05, 3.63) is 77.7 Å². The van der Waals surface area contributed by atoms with Gasteiger partial charge >= 0.3 is 11.9 Å². The van der Waals surface area contributed by atoms with Gasteiger partial charge in [0.2, 0.25) is 11.5 Å². The van der Waals surface area contributed by atoms with Crippen LogP contribution in [0.1, 0.15) is 85.0 Å². The molecular formula is C29H31NO6. The summed E-state index contributed by atoms with van der Waals surface area (Å²) in [5.74, 6) is 0.0259. The van der Waals surface area contributed by atoms with Crippen molar-refractivity contribution < 1.29 is 28.2 Å². The number of ether oxygens (including phenoxy) is 3. The van der Waals surface area contributed by atoms with E-state index in [4.69, 9.17) is 23.9 Å². The van der Waals surface area contributed by atoms with Gasteiger partial charge in [-0.1, -0.05) is 51.9 Å². The van der Waals surface area contributed by atoms with Gasteiger partial charge in [-0.15, -0.1) is 0 Å².